The fourth-order valence-electron chi connectivity index (χ4n) is 5.98. The zero-order chi connectivity index (χ0) is 34.3. The lowest BCUT2D eigenvalue weighted by atomic mass is 10.0. The number of amides is 2. The standard InChI is InChI=1S/C37H39Cl2N3O5S/c1-26-17-20-35(47-2)33(21-26)42(48(45,46)30-15-7-4-8-16-30)25-36(43)41(24-28-18-19-31(38)32(39)22-28)34(23-27-11-5-3-6-12-27)37(44)40-29-13-9-10-14-29/h3-8,11-12,15-22,29,34H,9-10,13-14,23-25H2,1-2H3,(H,40,44)/t34-/m0/s1. The highest BCUT2D eigenvalue weighted by atomic mass is 35.5. The molecule has 252 valence electrons. The molecule has 5 rings (SSSR count). The van der Waals surface area contributed by atoms with E-state index in [-0.39, 0.29) is 41.2 Å². The van der Waals surface area contributed by atoms with Gasteiger partial charge in [-0.15, -0.1) is 0 Å². The van der Waals surface area contributed by atoms with Crippen molar-refractivity contribution in [3.05, 3.63) is 124 Å². The second-order valence-corrected chi connectivity index (χ2v) is 14.6. The molecule has 0 saturated heterocycles. The molecule has 8 nitrogen and oxygen atoms in total. The Balaban J connectivity index is 1.61. The fraction of sp³-hybridized carbons (Fsp3) is 0.297. The third-order valence-electron chi connectivity index (χ3n) is 8.52. The van der Waals surface area contributed by atoms with Gasteiger partial charge >= 0.3 is 0 Å². The third kappa shape index (κ3) is 8.50. The Bertz CT molecular complexity index is 1830. The third-order valence-corrected chi connectivity index (χ3v) is 11.0. The molecule has 48 heavy (non-hydrogen) atoms. The summed E-state index contributed by atoms with van der Waals surface area (Å²) in [6.07, 6.45) is 3.98. The molecule has 0 aliphatic heterocycles. The van der Waals surface area contributed by atoms with Crippen LogP contribution in [0, 0.1) is 6.92 Å². The van der Waals surface area contributed by atoms with Gasteiger partial charge in [-0.3, -0.25) is 13.9 Å². The Hall–Kier alpha value is -4.05. The van der Waals surface area contributed by atoms with E-state index in [1.165, 1.54) is 24.1 Å². The molecule has 0 aromatic heterocycles. The number of nitrogens with zero attached hydrogens (tertiary/aromatic N) is 2. The Kier molecular flexibility index (Phi) is 11.7. The molecule has 1 aliphatic rings. The predicted molar refractivity (Wildman–Crippen MR) is 190 cm³/mol. The smallest absolute Gasteiger partial charge is 0.264 e. The van der Waals surface area contributed by atoms with Crippen LogP contribution in [0.2, 0.25) is 10.0 Å². The highest BCUT2D eigenvalue weighted by Crippen LogP contribution is 2.34. The number of nitrogens with one attached hydrogen (secondary N) is 1. The second-order valence-electron chi connectivity index (χ2n) is 12.0. The predicted octanol–water partition coefficient (Wildman–Crippen LogP) is 7.20. The van der Waals surface area contributed by atoms with Crippen molar-refractivity contribution in [2.75, 3.05) is 18.0 Å². The minimum atomic E-state index is -4.27. The van der Waals surface area contributed by atoms with Gasteiger partial charge in [-0.1, -0.05) is 96.7 Å². The molecule has 4 aromatic rings. The molecule has 2 amide bonds. The molecule has 0 unspecified atom stereocenters. The highest BCUT2D eigenvalue weighted by Gasteiger charge is 2.36. The summed E-state index contributed by atoms with van der Waals surface area (Å²) >= 11 is 12.6. The second kappa shape index (κ2) is 15.9. The van der Waals surface area contributed by atoms with Crippen LogP contribution in [-0.4, -0.2) is 50.9 Å². The summed E-state index contributed by atoms with van der Waals surface area (Å²) in [5, 5.41) is 3.83. The summed E-state index contributed by atoms with van der Waals surface area (Å²) < 4.78 is 35.3. The molecule has 4 aromatic carbocycles. The lowest BCUT2D eigenvalue weighted by Crippen LogP contribution is -2.54. The van der Waals surface area contributed by atoms with Gasteiger partial charge < -0.3 is 15.0 Å². The normalized spacial score (nSPS) is 13.9. The van der Waals surface area contributed by atoms with Crippen LogP contribution in [0.3, 0.4) is 0 Å². The van der Waals surface area contributed by atoms with Crippen molar-refractivity contribution in [1.29, 1.82) is 0 Å². The minimum Gasteiger partial charge on any atom is -0.495 e. The molecule has 11 heteroatoms. The number of hydrogen-bond acceptors (Lipinski definition) is 5. The Labute approximate surface area is 292 Å². The highest BCUT2D eigenvalue weighted by molar-refractivity contribution is 7.92. The minimum absolute atomic E-state index is 0.00390. The van der Waals surface area contributed by atoms with Gasteiger partial charge in [0, 0.05) is 19.0 Å². The number of benzene rings is 4. The van der Waals surface area contributed by atoms with E-state index in [1.54, 1.807) is 54.6 Å². The number of rotatable bonds is 13. The maximum absolute atomic E-state index is 14.8. The topological polar surface area (TPSA) is 96.0 Å². The van der Waals surface area contributed by atoms with Gasteiger partial charge in [0.1, 0.15) is 18.3 Å². The van der Waals surface area contributed by atoms with Crippen molar-refractivity contribution in [3.8, 4) is 5.75 Å². The largest absolute Gasteiger partial charge is 0.495 e. The van der Waals surface area contributed by atoms with Gasteiger partial charge in [0.05, 0.1) is 27.7 Å². The average Bonchev–Trinajstić information content (AvgIpc) is 3.60. The quantitative estimate of drug-likeness (QED) is 0.159. The van der Waals surface area contributed by atoms with E-state index < -0.39 is 28.5 Å². The van der Waals surface area contributed by atoms with Crippen molar-refractivity contribution in [1.82, 2.24) is 10.2 Å². The molecule has 1 aliphatic carbocycles. The number of ether oxygens (including phenoxy) is 1. The van der Waals surface area contributed by atoms with Gasteiger partial charge in [0.25, 0.3) is 10.0 Å². The molecular weight excluding hydrogens is 669 g/mol. The molecule has 1 fully saturated rings. The van der Waals surface area contributed by atoms with Crippen LogP contribution < -0.4 is 14.4 Å². The molecule has 0 radical (unpaired) electrons. The van der Waals surface area contributed by atoms with Crippen molar-refractivity contribution < 1.29 is 22.7 Å². The van der Waals surface area contributed by atoms with Crippen LogP contribution in [0.1, 0.15) is 42.4 Å². The number of halogens is 2. The van der Waals surface area contributed by atoms with Crippen molar-refractivity contribution >= 4 is 50.7 Å². The fourth-order valence-corrected chi connectivity index (χ4v) is 7.74. The first-order chi connectivity index (χ1) is 23.1. The molecule has 0 heterocycles. The molecular formula is C37H39Cl2N3O5S. The maximum Gasteiger partial charge on any atom is 0.264 e. The summed E-state index contributed by atoms with van der Waals surface area (Å²) in [6.45, 7) is 1.22. The summed E-state index contributed by atoms with van der Waals surface area (Å²) in [4.78, 5) is 30.4. The zero-order valence-corrected chi connectivity index (χ0v) is 29.3. The van der Waals surface area contributed by atoms with Gasteiger partial charge in [0.15, 0.2) is 0 Å². The van der Waals surface area contributed by atoms with Gasteiger partial charge in [-0.05, 0) is 72.9 Å². The summed E-state index contributed by atoms with van der Waals surface area (Å²) in [5.74, 6) is -0.597. The van der Waals surface area contributed by atoms with Crippen LogP contribution in [0.25, 0.3) is 0 Å². The Morgan fingerprint density at radius 3 is 2.19 bits per heavy atom. The van der Waals surface area contributed by atoms with Crippen molar-refractivity contribution in [2.24, 2.45) is 0 Å². The van der Waals surface area contributed by atoms with Crippen LogP contribution in [0.15, 0.2) is 102 Å². The first kappa shape index (κ1) is 35.3. The lowest BCUT2D eigenvalue weighted by Gasteiger charge is -2.34. The SMILES string of the molecule is COc1ccc(C)cc1N(CC(=O)N(Cc1ccc(Cl)c(Cl)c1)[C@@H](Cc1ccccc1)C(=O)NC1CCCC1)S(=O)(=O)c1ccccc1. The van der Waals surface area contributed by atoms with Gasteiger partial charge in [0.2, 0.25) is 11.8 Å². The Morgan fingerprint density at radius 1 is 0.875 bits per heavy atom. The first-order valence-electron chi connectivity index (χ1n) is 15.9. The summed E-state index contributed by atoms with van der Waals surface area (Å²) in [5.41, 5.74) is 2.47. The number of hydrogen-bond donors (Lipinski definition) is 1. The molecule has 1 saturated carbocycles. The number of carbonyl (C=O) groups excluding carboxylic acids is 2. The first-order valence-corrected chi connectivity index (χ1v) is 18.1. The van der Waals surface area contributed by atoms with Crippen LogP contribution in [0.5, 0.6) is 5.75 Å². The summed E-state index contributed by atoms with van der Waals surface area (Å²) in [7, 11) is -2.83. The molecule has 1 N–H and O–H groups in total. The molecule has 0 bridgehead atoms. The van der Waals surface area contributed by atoms with E-state index in [1.807, 2.05) is 37.3 Å². The number of aryl methyl sites for hydroxylation is 1. The van der Waals surface area contributed by atoms with Gasteiger partial charge in [-0.2, -0.15) is 0 Å². The number of carbonyl (C=O) groups is 2. The zero-order valence-electron chi connectivity index (χ0n) is 26.9. The van der Waals surface area contributed by atoms with Crippen LogP contribution >= 0.6 is 23.2 Å². The van der Waals surface area contributed by atoms with Crippen LogP contribution in [-0.2, 0) is 32.6 Å². The van der Waals surface area contributed by atoms with E-state index in [4.69, 9.17) is 27.9 Å². The van der Waals surface area contributed by atoms with Crippen molar-refractivity contribution in [3.63, 3.8) is 0 Å². The van der Waals surface area contributed by atoms with E-state index in [2.05, 4.69) is 5.32 Å². The number of methoxy groups -OCH3 is 1. The lowest BCUT2D eigenvalue weighted by molar-refractivity contribution is -0.140. The van der Waals surface area contributed by atoms with E-state index in [0.717, 1.165) is 41.1 Å². The van der Waals surface area contributed by atoms with E-state index in [0.29, 0.717) is 15.6 Å². The van der Waals surface area contributed by atoms with Crippen molar-refractivity contribution in [2.45, 2.75) is 62.6 Å². The maximum atomic E-state index is 14.8. The number of sulfonamides is 1. The average molecular weight is 709 g/mol. The van der Waals surface area contributed by atoms with Gasteiger partial charge in [-0.25, -0.2) is 8.42 Å². The summed E-state index contributed by atoms with van der Waals surface area (Å²) in [6, 6.07) is 26.6. The van der Waals surface area contributed by atoms with E-state index in [9.17, 15) is 18.0 Å². The number of anilines is 1. The van der Waals surface area contributed by atoms with Crippen LogP contribution in [0.4, 0.5) is 5.69 Å². The molecule has 1 atom stereocenters. The Morgan fingerprint density at radius 2 is 1.54 bits per heavy atom. The monoisotopic (exact) mass is 707 g/mol. The van der Waals surface area contributed by atoms with E-state index >= 15 is 0 Å². The molecule has 0 spiro atoms.